The van der Waals surface area contributed by atoms with Crippen LogP contribution in [0.1, 0.15) is 26.3 Å². The van der Waals surface area contributed by atoms with Gasteiger partial charge in [0.2, 0.25) is 5.75 Å². The Labute approximate surface area is 128 Å². The maximum absolute atomic E-state index is 11.1. The Bertz CT molecular complexity index is 660. The van der Waals surface area contributed by atoms with Gasteiger partial charge in [0.1, 0.15) is 10.8 Å². The van der Waals surface area contributed by atoms with Crippen molar-refractivity contribution in [3.05, 3.63) is 63.2 Å². The summed E-state index contributed by atoms with van der Waals surface area (Å²) in [5.41, 5.74) is 0.982. The molecule has 2 rings (SSSR count). The third-order valence-electron chi connectivity index (χ3n) is 3.08. The Morgan fingerprint density at radius 3 is 2.24 bits per heavy atom. The molecule has 0 unspecified atom stereocenters. The van der Waals surface area contributed by atoms with Crippen molar-refractivity contribution in [3.8, 4) is 11.5 Å². The van der Waals surface area contributed by atoms with Gasteiger partial charge in [0.25, 0.3) is 0 Å². The van der Waals surface area contributed by atoms with Crippen molar-refractivity contribution in [2.45, 2.75) is 26.2 Å². The average molecular weight is 306 g/mol. The number of para-hydroxylation sites is 1. The summed E-state index contributed by atoms with van der Waals surface area (Å²) in [7, 11) is 0. The number of hydrogen-bond donors (Lipinski definition) is 0. The van der Waals surface area contributed by atoms with Gasteiger partial charge in [0, 0.05) is 0 Å². The van der Waals surface area contributed by atoms with Crippen LogP contribution < -0.4 is 4.74 Å². The standard InChI is InChI=1S/C16H16ClNO3/c1-16(2,3)11-7-9-12(10-8-11)21-14-6-4-5-13(17)15(14)18(19)20/h4-10H,1-3H3. The zero-order valence-corrected chi connectivity index (χ0v) is 12.8. The van der Waals surface area contributed by atoms with Crippen molar-refractivity contribution in [2.24, 2.45) is 0 Å². The van der Waals surface area contributed by atoms with E-state index in [-0.39, 0.29) is 21.9 Å². The second-order valence-corrected chi connectivity index (χ2v) is 6.13. The number of nitrogens with zero attached hydrogens (tertiary/aromatic N) is 1. The van der Waals surface area contributed by atoms with Gasteiger partial charge in [-0.15, -0.1) is 0 Å². The molecule has 0 aromatic heterocycles. The monoisotopic (exact) mass is 305 g/mol. The highest BCUT2D eigenvalue weighted by atomic mass is 35.5. The Kier molecular flexibility index (Phi) is 4.19. The van der Waals surface area contributed by atoms with Crippen LogP contribution in [-0.2, 0) is 5.41 Å². The molecule has 2 aromatic rings. The molecule has 0 aliphatic rings. The topological polar surface area (TPSA) is 52.4 Å². The first-order valence-electron chi connectivity index (χ1n) is 6.50. The summed E-state index contributed by atoms with van der Waals surface area (Å²) in [6.45, 7) is 6.35. The van der Waals surface area contributed by atoms with E-state index in [1.165, 1.54) is 12.1 Å². The van der Waals surface area contributed by atoms with Crippen LogP contribution >= 0.6 is 11.6 Å². The van der Waals surface area contributed by atoms with Crippen molar-refractivity contribution in [3.63, 3.8) is 0 Å². The molecule has 2 aromatic carbocycles. The predicted octanol–water partition coefficient (Wildman–Crippen LogP) is 5.34. The molecule has 0 heterocycles. The number of nitro benzene ring substituents is 1. The second-order valence-electron chi connectivity index (χ2n) is 5.72. The molecule has 0 spiro atoms. The second kappa shape index (κ2) is 5.74. The van der Waals surface area contributed by atoms with Crippen LogP contribution in [0.5, 0.6) is 11.5 Å². The summed E-state index contributed by atoms with van der Waals surface area (Å²) in [5.74, 6) is 0.671. The third-order valence-corrected chi connectivity index (χ3v) is 3.39. The van der Waals surface area contributed by atoms with Crippen LogP contribution in [0.25, 0.3) is 0 Å². The Morgan fingerprint density at radius 2 is 1.71 bits per heavy atom. The molecule has 0 bridgehead atoms. The fourth-order valence-electron chi connectivity index (χ4n) is 1.91. The highest BCUT2D eigenvalue weighted by Gasteiger charge is 2.20. The summed E-state index contributed by atoms with van der Waals surface area (Å²) in [6, 6.07) is 12.1. The maximum atomic E-state index is 11.1. The fraction of sp³-hybridized carbons (Fsp3) is 0.250. The zero-order valence-electron chi connectivity index (χ0n) is 12.1. The molecule has 0 atom stereocenters. The number of hydrogen-bond acceptors (Lipinski definition) is 3. The highest BCUT2D eigenvalue weighted by Crippen LogP contribution is 2.37. The predicted molar refractivity (Wildman–Crippen MR) is 83.3 cm³/mol. The van der Waals surface area contributed by atoms with Gasteiger partial charge in [0.05, 0.1) is 4.92 Å². The first-order valence-corrected chi connectivity index (χ1v) is 6.88. The number of halogens is 1. The molecule has 0 saturated carbocycles. The van der Waals surface area contributed by atoms with Crippen molar-refractivity contribution < 1.29 is 9.66 Å². The molecular formula is C16H16ClNO3. The van der Waals surface area contributed by atoms with E-state index in [2.05, 4.69) is 20.8 Å². The van der Waals surface area contributed by atoms with E-state index < -0.39 is 4.92 Å². The largest absolute Gasteiger partial charge is 0.450 e. The van der Waals surface area contributed by atoms with E-state index in [1.54, 1.807) is 18.2 Å². The third kappa shape index (κ3) is 3.52. The molecule has 0 N–H and O–H groups in total. The maximum Gasteiger partial charge on any atom is 0.329 e. The molecule has 5 heteroatoms. The normalized spacial score (nSPS) is 11.2. The van der Waals surface area contributed by atoms with Crippen molar-refractivity contribution in [2.75, 3.05) is 0 Å². The molecular weight excluding hydrogens is 290 g/mol. The molecule has 4 nitrogen and oxygen atoms in total. The minimum Gasteiger partial charge on any atom is -0.450 e. The van der Waals surface area contributed by atoms with Crippen molar-refractivity contribution in [1.82, 2.24) is 0 Å². The van der Waals surface area contributed by atoms with E-state index in [0.717, 1.165) is 5.56 Å². The van der Waals surface area contributed by atoms with Crippen molar-refractivity contribution in [1.29, 1.82) is 0 Å². The lowest BCUT2D eigenvalue weighted by Crippen LogP contribution is -2.10. The smallest absolute Gasteiger partial charge is 0.329 e. The zero-order chi connectivity index (χ0) is 15.6. The highest BCUT2D eigenvalue weighted by molar-refractivity contribution is 6.32. The number of rotatable bonds is 3. The van der Waals surface area contributed by atoms with Gasteiger partial charge in [0.15, 0.2) is 0 Å². The van der Waals surface area contributed by atoms with E-state index >= 15 is 0 Å². The SMILES string of the molecule is CC(C)(C)c1ccc(Oc2cccc(Cl)c2[N+](=O)[O-])cc1. The molecule has 0 aliphatic heterocycles. The number of nitro groups is 1. The van der Waals surface area contributed by atoms with Crippen LogP contribution in [-0.4, -0.2) is 4.92 Å². The van der Waals surface area contributed by atoms with E-state index in [9.17, 15) is 10.1 Å². The lowest BCUT2D eigenvalue weighted by Gasteiger charge is -2.19. The molecule has 110 valence electrons. The molecule has 0 amide bonds. The first-order chi connectivity index (χ1) is 9.79. The van der Waals surface area contributed by atoms with E-state index in [1.807, 2.05) is 12.1 Å². The summed E-state index contributed by atoms with van der Waals surface area (Å²) in [6.07, 6.45) is 0. The fourth-order valence-corrected chi connectivity index (χ4v) is 2.14. The minimum absolute atomic E-state index is 0.0422. The Morgan fingerprint density at radius 1 is 1.10 bits per heavy atom. The van der Waals surface area contributed by atoms with Crippen LogP contribution in [0.2, 0.25) is 5.02 Å². The van der Waals surface area contributed by atoms with Crippen LogP contribution in [0.15, 0.2) is 42.5 Å². The van der Waals surface area contributed by atoms with E-state index in [4.69, 9.17) is 16.3 Å². The Balaban J connectivity index is 2.31. The number of benzene rings is 2. The van der Waals surface area contributed by atoms with Gasteiger partial charge < -0.3 is 4.74 Å². The van der Waals surface area contributed by atoms with Crippen LogP contribution in [0.3, 0.4) is 0 Å². The van der Waals surface area contributed by atoms with Crippen molar-refractivity contribution >= 4 is 17.3 Å². The Hall–Kier alpha value is -2.07. The molecule has 0 aliphatic carbocycles. The van der Waals surface area contributed by atoms with Crippen LogP contribution in [0, 0.1) is 10.1 Å². The summed E-state index contributed by atoms with van der Waals surface area (Å²) in [5, 5.41) is 11.1. The molecule has 0 fully saturated rings. The molecule has 0 saturated heterocycles. The average Bonchev–Trinajstić information content (AvgIpc) is 2.38. The van der Waals surface area contributed by atoms with Gasteiger partial charge in [-0.25, -0.2) is 0 Å². The lowest BCUT2D eigenvalue weighted by atomic mass is 9.87. The molecule has 21 heavy (non-hydrogen) atoms. The van der Waals surface area contributed by atoms with Gasteiger partial charge in [-0.05, 0) is 35.2 Å². The summed E-state index contributed by atoms with van der Waals surface area (Å²) in [4.78, 5) is 10.5. The van der Waals surface area contributed by atoms with Gasteiger partial charge in [-0.1, -0.05) is 50.6 Å². The summed E-state index contributed by atoms with van der Waals surface area (Å²) >= 11 is 5.85. The number of ether oxygens (including phenoxy) is 1. The van der Waals surface area contributed by atoms with Gasteiger partial charge in [-0.2, -0.15) is 0 Å². The quantitative estimate of drug-likeness (QED) is 0.568. The minimum atomic E-state index is -0.540. The molecule has 0 radical (unpaired) electrons. The summed E-state index contributed by atoms with van der Waals surface area (Å²) < 4.78 is 5.59. The van der Waals surface area contributed by atoms with Crippen LogP contribution in [0.4, 0.5) is 5.69 Å². The lowest BCUT2D eigenvalue weighted by molar-refractivity contribution is -0.385. The van der Waals surface area contributed by atoms with Gasteiger partial charge >= 0.3 is 5.69 Å². The first kappa shape index (κ1) is 15.3. The van der Waals surface area contributed by atoms with E-state index in [0.29, 0.717) is 5.75 Å². The van der Waals surface area contributed by atoms with Gasteiger partial charge in [-0.3, -0.25) is 10.1 Å².